The summed E-state index contributed by atoms with van der Waals surface area (Å²) in [5.41, 5.74) is 0. The van der Waals surface area contributed by atoms with Gasteiger partial charge in [-0.1, -0.05) is 19.8 Å². The van der Waals surface area contributed by atoms with E-state index < -0.39 is 0 Å². The van der Waals surface area contributed by atoms with E-state index in [-0.39, 0.29) is 0 Å². The van der Waals surface area contributed by atoms with E-state index in [4.69, 9.17) is 0 Å². The van der Waals surface area contributed by atoms with Gasteiger partial charge in [0.15, 0.2) is 0 Å². The molecule has 2 heteroatoms. The molecule has 106 valence electrons. The minimum atomic E-state index is 0.793. The molecule has 2 fully saturated rings. The average molecular weight is 252 g/mol. The minimum absolute atomic E-state index is 0.793. The highest BCUT2D eigenvalue weighted by atomic mass is 15.2. The first-order valence-electron chi connectivity index (χ1n) is 8.24. The maximum Gasteiger partial charge on any atom is 0.00964 e. The van der Waals surface area contributed by atoms with E-state index in [1.54, 1.807) is 0 Å². The summed E-state index contributed by atoms with van der Waals surface area (Å²) in [6, 6.07) is 1.69. The second kappa shape index (κ2) is 7.49. The third-order valence-corrected chi connectivity index (χ3v) is 5.20. The summed E-state index contributed by atoms with van der Waals surface area (Å²) in [6.07, 6.45) is 12.8. The van der Waals surface area contributed by atoms with Gasteiger partial charge in [-0.05, 0) is 71.0 Å². The molecule has 0 aromatic rings. The molecular weight excluding hydrogens is 220 g/mol. The average Bonchev–Trinajstić information content (AvgIpc) is 2.65. The maximum absolute atomic E-state index is 3.44. The van der Waals surface area contributed by atoms with Gasteiger partial charge in [0.05, 0.1) is 0 Å². The van der Waals surface area contributed by atoms with Crippen molar-refractivity contribution in [3.8, 4) is 0 Å². The monoisotopic (exact) mass is 252 g/mol. The van der Waals surface area contributed by atoms with E-state index in [2.05, 4.69) is 24.2 Å². The summed E-state index contributed by atoms with van der Waals surface area (Å²) in [5, 5.41) is 3.44. The van der Waals surface area contributed by atoms with Crippen molar-refractivity contribution in [2.75, 3.05) is 20.1 Å². The van der Waals surface area contributed by atoms with Crippen molar-refractivity contribution in [1.82, 2.24) is 10.2 Å². The number of hydrogen-bond donors (Lipinski definition) is 1. The molecule has 1 unspecified atom stereocenters. The maximum atomic E-state index is 3.44. The van der Waals surface area contributed by atoms with Gasteiger partial charge < -0.3 is 10.2 Å². The number of rotatable bonds is 4. The van der Waals surface area contributed by atoms with Gasteiger partial charge >= 0.3 is 0 Å². The molecule has 1 N–H and O–H groups in total. The lowest BCUT2D eigenvalue weighted by molar-refractivity contribution is 0.148. The predicted octanol–water partition coefficient (Wildman–Crippen LogP) is 3.42. The molecule has 2 nitrogen and oxygen atoms in total. The quantitative estimate of drug-likeness (QED) is 0.825. The smallest absolute Gasteiger partial charge is 0.00964 e. The van der Waals surface area contributed by atoms with Gasteiger partial charge in [0.2, 0.25) is 0 Å². The molecule has 0 aromatic carbocycles. The van der Waals surface area contributed by atoms with Crippen molar-refractivity contribution < 1.29 is 0 Å². The molecule has 1 atom stereocenters. The standard InChI is InChI=1S/C16H32N2/c1-3-5-14-6-4-12-18(13-11-14)16-9-7-15(17-2)8-10-16/h14-17H,3-13H2,1-2H3. The van der Waals surface area contributed by atoms with Gasteiger partial charge in [-0.2, -0.15) is 0 Å². The highest BCUT2D eigenvalue weighted by Gasteiger charge is 2.26. The van der Waals surface area contributed by atoms with Gasteiger partial charge in [0, 0.05) is 12.1 Å². The Hall–Kier alpha value is -0.0800. The van der Waals surface area contributed by atoms with Crippen molar-refractivity contribution in [3.05, 3.63) is 0 Å². The Morgan fingerprint density at radius 1 is 1.00 bits per heavy atom. The van der Waals surface area contributed by atoms with Crippen LogP contribution in [0, 0.1) is 5.92 Å². The first-order valence-corrected chi connectivity index (χ1v) is 8.24. The Kier molecular flexibility index (Phi) is 5.97. The second-order valence-corrected chi connectivity index (χ2v) is 6.42. The topological polar surface area (TPSA) is 15.3 Å². The predicted molar refractivity (Wildman–Crippen MR) is 78.9 cm³/mol. The van der Waals surface area contributed by atoms with Crippen LogP contribution in [-0.2, 0) is 0 Å². The van der Waals surface area contributed by atoms with Crippen LogP contribution < -0.4 is 5.32 Å². The molecular formula is C16H32N2. The molecule has 0 amide bonds. The molecule has 1 aliphatic carbocycles. The summed E-state index contributed by atoms with van der Waals surface area (Å²) in [6.45, 7) is 5.08. The number of nitrogens with one attached hydrogen (secondary N) is 1. The fourth-order valence-corrected chi connectivity index (χ4v) is 3.98. The van der Waals surface area contributed by atoms with Gasteiger partial charge in [-0.3, -0.25) is 0 Å². The zero-order valence-electron chi connectivity index (χ0n) is 12.5. The molecule has 1 heterocycles. The minimum Gasteiger partial charge on any atom is -0.317 e. The molecule has 1 aliphatic heterocycles. The number of nitrogens with zero attached hydrogens (tertiary/aromatic N) is 1. The highest BCUT2D eigenvalue weighted by Crippen LogP contribution is 2.28. The molecule has 0 spiro atoms. The molecule has 2 rings (SSSR count). The summed E-state index contributed by atoms with van der Waals surface area (Å²) in [5.74, 6) is 1.02. The van der Waals surface area contributed by atoms with Crippen LogP contribution in [-0.4, -0.2) is 37.1 Å². The van der Waals surface area contributed by atoms with Crippen molar-refractivity contribution in [2.24, 2.45) is 5.92 Å². The van der Waals surface area contributed by atoms with E-state index >= 15 is 0 Å². The number of hydrogen-bond acceptors (Lipinski definition) is 2. The molecule has 0 aromatic heterocycles. The second-order valence-electron chi connectivity index (χ2n) is 6.42. The van der Waals surface area contributed by atoms with Gasteiger partial charge in [0.25, 0.3) is 0 Å². The largest absolute Gasteiger partial charge is 0.317 e. The van der Waals surface area contributed by atoms with Crippen LogP contribution in [0.3, 0.4) is 0 Å². The summed E-state index contributed by atoms with van der Waals surface area (Å²) in [7, 11) is 2.12. The third kappa shape index (κ3) is 3.96. The van der Waals surface area contributed by atoms with Gasteiger partial charge in [0.1, 0.15) is 0 Å². The Balaban J connectivity index is 1.76. The van der Waals surface area contributed by atoms with Crippen LogP contribution in [0.2, 0.25) is 0 Å². The van der Waals surface area contributed by atoms with Crippen molar-refractivity contribution in [3.63, 3.8) is 0 Å². The van der Waals surface area contributed by atoms with Crippen LogP contribution >= 0.6 is 0 Å². The Labute approximate surface area is 114 Å². The van der Waals surface area contributed by atoms with Crippen molar-refractivity contribution >= 4 is 0 Å². The van der Waals surface area contributed by atoms with E-state index in [1.807, 2.05) is 0 Å². The molecule has 0 bridgehead atoms. The van der Waals surface area contributed by atoms with Crippen molar-refractivity contribution in [2.45, 2.75) is 76.8 Å². The summed E-state index contributed by atoms with van der Waals surface area (Å²) >= 11 is 0. The molecule has 1 saturated heterocycles. The van der Waals surface area contributed by atoms with E-state index in [0.29, 0.717) is 0 Å². The van der Waals surface area contributed by atoms with Gasteiger partial charge in [-0.25, -0.2) is 0 Å². The molecule has 1 saturated carbocycles. The van der Waals surface area contributed by atoms with Crippen LogP contribution in [0.15, 0.2) is 0 Å². The Morgan fingerprint density at radius 2 is 1.78 bits per heavy atom. The highest BCUT2D eigenvalue weighted by molar-refractivity contribution is 4.83. The van der Waals surface area contributed by atoms with E-state index in [9.17, 15) is 0 Å². The Morgan fingerprint density at radius 3 is 2.44 bits per heavy atom. The normalized spacial score (nSPS) is 35.3. The van der Waals surface area contributed by atoms with Crippen LogP contribution in [0.1, 0.15) is 64.7 Å². The van der Waals surface area contributed by atoms with Crippen LogP contribution in [0.25, 0.3) is 0 Å². The lowest BCUT2D eigenvalue weighted by Crippen LogP contribution is -2.42. The fourth-order valence-electron chi connectivity index (χ4n) is 3.98. The molecule has 0 radical (unpaired) electrons. The van der Waals surface area contributed by atoms with Crippen molar-refractivity contribution in [1.29, 1.82) is 0 Å². The lowest BCUT2D eigenvalue weighted by atomic mass is 9.90. The first kappa shape index (κ1) is 14.3. The zero-order valence-corrected chi connectivity index (χ0v) is 12.5. The molecule has 18 heavy (non-hydrogen) atoms. The molecule has 2 aliphatic rings. The first-order chi connectivity index (χ1) is 8.83. The Bertz CT molecular complexity index is 221. The van der Waals surface area contributed by atoms with Crippen LogP contribution in [0.4, 0.5) is 0 Å². The zero-order chi connectivity index (χ0) is 12.8. The number of likely N-dealkylation sites (tertiary alicyclic amines) is 1. The SMILES string of the molecule is CCCC1CCCN(C2CCC(NC)CC2)CC1. The summed E-state index contributed by atoms with van der Waals surface area (Å²) < 4.78 is 0. The third-order valence-electron chi connectivity index (χ3n) is 5.20. The van der Waals surface area contributed by atoms with E-state index in [0.717, 1.165) is 18.0 Å². The van der Waals surface area contributed by atoms with Gasteiger partial charge in [-0.15, -0.1) is 0 Å². The van der Waals surface area contributed by atoms with Crippen LogP contribution in [0.5, 0.6) is 0 Å². The summed E-state index contributed by atoms with van der Waals surface area (Å²) in [4.78, 5) is 2.82. The fraction of sp³-hybridized carbons (Fsp3) is 1.00. The van der Waals surface area contributed by atoms with E-state index in [1.165, 1.54) is 70.9 Å². The lowest BCUT2D eigenvalue weighted by Gasteiger charge is -2.36.